The number of aromatic nitrogens is 4. The van der Waals surface area contributed by atoms with E-state index < -0.39 is 0 Å². The summed E-state index contributed by atoms with van der Waals surface area (Å²) in [5.41, 5.74) is 2.97. The Morgan fingerprint density at radius 2 is 2.03 bits per heavy atom. The van der Waals surface area contributed by atoms with Crippen molar-refractivity contribution in [3.05, 3.63) is 58.6 Å². The van der Waals surface area contributed by atoms with E-state index in [-0.39, 0.29) is 5.97 Å². The van der Waals surface area contributed by atoms with Crippen molar-refractivity contribution in [3.63, 3.8) is 0 Å². The highest BCUT2D eigenvalue weighted by molar-refractivity contribution is 7.98. The molecular weight excluding hydrogens is 404 g/mol. The lowest BCUT2D eigenvalue weighted by atomic mass is 10.0. The van der Waals surface area contributed by atoms with E-state index in [4.69, 9.17) is 9.72 Å². The molecule has 148 valence electrons. The number of fused-ring (bicyclic) bond motifs is 1. The molecule has 0 aliphatic rings. The van der Waals surface area contributed by atoms with Crippen LogP contribution in [0.4, 0.5) is 0 Å². The zero-order valence-electron chi connectivity index (χ0n) is 16.4. The molecule has 0 N–H and O–H groups in total. The number of benzene rings is 1. The van der Waals surface area contributed by atoms with Crippen molar-refractivity contribution >= 4 is 40.0 Å². The molecule has 0 aliphatic carbocycles. The number of para-hydroxylation sites is 1. The Morgan fingerprint density at radius 3 is 2.76 bits per heavy atom. The van der Waals surface area contributed by atoms with Gasteiger partial charge >= 0.3 is 5.97 Å². The second-order valence-electron chi connectivity index (χ2n) is 6.38. The third-order valence-electron chi connectivity index (χ3n) is 4.73. The van der Waals surface area contributed by atoms with E-state index in [0.717, 1.165) is 38.9 Å². The Balaban J connectivity index is 1.71. The predicted octanol–water partition coefficient (Wildman–Crippen LogP) is 4.96. The van der Waals surface area contributed by atoms with Crippen molar-refractivity contribution in [2.75, 3.05) is 7.11 Å². The number of hydrogen-bond acceptors (Lipinski definition) is 7. The first-order valence-corrected chi connectivity index (χ1v) is 11.1. The molecule has 0 unspecified atom stereocenters. The summed E-state index contributed by atoms with van der Waals surface area (Å²) in [6.07, 6.45) is 0. The number of hydrogen-bond donors (Lipinski definition) is 0. The smallest absolute Gasteiger partial charge is 0.340 e. The first-order valence-electron chi connectivity index (χ1n) is 9.20. The summed E-state index contributed by atoms with van der Waals surface area (Å²) in [6, 6.07) is 11.9. The van der Waals surface area contributed by atoms with Crippen molar-refractivity contribution in [2.24, 2.45) is 0 Å². The van der Waals surface area contributed by atoms with Crippen LogP contribution in [0.1, 0.15) is 28.5 Å². The molecule has 4 rings (SSSR count). The second kappa shape index (κ2) is 8.34. The van der Waals surface area contributed by atoms with Gasteiger partial charge in [0.1, 0.15) is 0 Å². The molecule has 0 aliphatic heterocycles. The van der Waals surface area contributed by atoms with E-state index in [1.165, 1.54) is 18.9 Å². The molecule has 0 amide bonds. The third-order valence-corrected chi connectivity index (χ3v) is 6.57. The molecule has 4 aromatic rings. The number of pyridine rings is 1. The van der Waals surface area contributed by atoms with Crippen molar-refractivity contribution in [1.82, 2.24) is 19.7 Å². The van der Waals surface area contributed by atoms with Gasteiger partial charge in [0.05, 0.1) is 28.8 Å². The highest BCUT2D eigenvalue weighted by atomic mass is 32.2. The van der Waals surface area contributed by atoms with Crippen LogP contribution in [0.2, 0.25) is 0 Å². The minimum atomic E-state index is -0.368. The zero-order valence-corrected chi connectivity index (χ0v) is 18.0. The van der Waals surface area contributed by atoms with Crippen LogP contribution in [0.15, 0.2) is 46.9 Å². The summed E-state index contributed by atoms with van der Waals surface area (Å²) in [5.74, 6) is 0.993. The fourth-order valence-corrected chi connectivity index (χ4v) is 4.98. The Morgan fingerprint density at radius 1 is 1.21 bits per heavy atom. The van der Waals surface area contributed by atoms with E-state index in [1.54, 1.807) is 11.3 Å². The minimum Gasteiger partial charge on any atom is -0.465 e. The number of carbonyl (C=O) groups is 1. The Kier molecular flexibility index (Phi) is 5.64. The van der Waals surface area contributed by atoms with Gasteiger partial charge in [-0.2, -0.15) is 0 Å². The second-order valence-corrected chi connectivity index (χ2v) is 8.27. The Labute approximate surface area is 177 Å². The first-order chi connectivity index (χ1) is 14.1. The largest absolute Gasteiger partial charge is 0.465 e. The quantitative estimate of drug-likeness (QED) is 0.322. The predicted molar refractivity (Wildman–Crippen MR) is 116 cm³/mol. The van der Waals surface area contributed by atoms with E-state index in [1.807, 2.05) is 48.7 Å². The minimum absolute atomic E-state index is 0.368. The lowest BCUT2D eigenvalue weighted by Crippen LogP contribution is -2.10. The molecule has 0 fully saturated rings. The number of esters is 1. The maximum Gasteiger partial charge on any atom is 0.340 e. The zero-order chi connectivity index (χ0) is 20.4. The van der Waals surface area contributed by atoms with E-state index >= 15 is 0 Å². The van der Waals surface area contributed by atoms with Gasteiger partial charge in [-0.25, -0.2) is 4.79 Å². The first kappa shape index (κ1) is 19.6. The molecule has 0 bridgehead atoms. The molecule has 1 aromatic carbocycles. The van der Waals surface area contributed by atoms with Crippen LogP contribution in [0.3, 0.4) is 0 Å². The Bertz CT molecular complexity index is 1170. The molecule has 3 aromatic heterocycles. The summed E-state index contributed by atoms with van der Waals surface area (Å²) >= 11 is 3.17. The van der Waals surface area contributed by atoms with E-state index in [9.17, 15) is 4.79 Å². The standard InChI is InChI=1S/C21H20N4O2S2/c1-4-25-19(17-10-7-11-28-17)23-24-21(25)29-12-16-18(20(26)27-3)13(2)14-8-5-6-9-15(14)22-16/h5-11H,4,12H2,1-3H3. The number of nitrogens with zero attached hydrogens (tertiary/aromatic N) is 4. The normalized spacial score (nSPS) is 11.1. The van der Waals surface area contributed by atoms with Crippen molar-refractivity contribution in [3.8, 4) is 10.7 Å². The van der Waals surface area contributed by atoms with Gasteiger partial charge in [-0.15, -0.1) is 21.5 Å². The van der Waals surface area contributed by atoms with Gasteiger partial charge < -0.3 is 9.30 Å². The number of rotatable bonds is 6. The van der Waals surface area contributed by atoms with Crippen LogP contribution < -0.4 is 0 Å². The number of ether oxygens (including phenoxy) is 1. The van der Waals surface area contributed by atoms with Gasteiger partial charge in [-0.3, -0.25) is 4.98 Å². The highest BCUT2D eigenvalue weighted by Crippen LogP contribution is 2.31. The Hall–Kier alpha value is -2.71. The van der Waals surface area contributed by atoms with Crippen LogP contribution in [0.25, 0.3) is 21.6 Å². The summed E-state index contributed by atoms with van der Waals surface area (Å²) in [5, 5.41) is 12.5. The molecular formula is C21H20N4O2S2. The summed E-state index contributed by atoms with van der Waals surface area (Å²) < 4.78 is 7.12. The average molecular weight is 425 g/mol. The topological polar surface area (TPSA) is 69.9 Å². The van der Waals surface area contributed by atoms with Gasteiger partial charge in [0.2, 0.25) is 0 Å². The fourth-order valence-electron chi connectivity index (χ4n) is 3.32. The van der Waals surface area contributed by atoms with Crippen molar-refractivity contribution in [1.29, 1.82) is 0 Å². The van der Waals surface area contributed by atoms with Crippen LogP contribution >= 0.6 is 23.1 Å². The van der Waals surface area contributed by atoms with Gasteiger partial charge in [0.15, 0.2) is 11.0 Å². The van der Waals surface area contributed by atoms with Gasteiger partial charge in [0.25, 0.3) is 0 Å². The molecule has 0 saturated heterocycles. The molecule has 3 heterocycles. The summed E-state index contributed by atoms with van der Waals surface area (Å²) in [7, 11) is 1.40. The van der Waals surface area contributed by atoms with Crippen LogP contribution in [-0.4, -0.2) is 32.8 Å². The van der Waals surface area contributed by atoms with Crippen LogP contribution in [-0.2, 0) is 17.0 Å². The molecule has 0 spiro atoms. The summed E-state index contributed by atoms with van der Waals surface area (Å²) in [4.78, 5) is 18.3. The lowest BCUT2D eigenvalue weighted by Gasteiger charge is -2.13. The molecule has 6 nitrogen and oxygen atoms in total. The van der Waals surface area contributed by atoms with E-state index in [2.05, 4.69) is 21.7 Å². The average Bonchev–Trinajstić information content (AvgIpc) is 3.41. The monoisotopic (exact) mass is 424 g/mol. The van der Waals surface area contributed by atoms with Gasteiger partial charge in [-0.1, -0.05) is 36.0 Å². The van der Waals surface area contributed by atoms with Gasteiger partial charge in [0, 0.05) is 17.7 Å². The molecule has 0 saturated carbocycles. The van der Waals surface area contributed by atoms with E-state index in [0.29, 0.717) is 17.0 Å². The number of thiophene rings is 1. The maximum atomic E-state index is 12.5. The third kappa shape index (κ3) is 3.65. The molecule has 8 heteroatoms. The number of aryl methyl sites for hydroxylation is 1. The highest BCUT2D eigenvalue weighted by Gasteiger charge is 2.21. The van der Waals surface area contributed by atoms with Crippen molar-refractivity contribution in [2.45, 2.75) is 31.3 Å². The van der Waals surface area contributed by atoms with Crippen LogP contribution in [0, 0.1) is 6.92 Å². The van der Waals surface area contributed by atoms with Crippen molar-refractivity contribution < 1.29 is 9.53 Å². The number of carbonyl (C=O) groups excluding carboxylic acids is 1. The van der Waals surface area contributed by atoms with Gasteiger partial charge in [-0.05, 0) is 36.9 Å². The fraction of sp³-hybridized carbons (Fsp3) is 0.238. The summed E-state index contributed by atoms with van der Waals surface area (Å²) in [6.45, 7) is 4.77. The lowest BCUT2D eigenvalue weighted by molar-refractivity contribution is 0.0598. The molecule has 0 radical (unpaired) electrons. The SMILES string of the molecule is CCn1c(SCc2nc3ccccc3c(C)c2C(=O)OC)nnc1-c1cccs1. The molecule has 29 heavy (non-hydrogen) atoms. The molecule has 0 atom stereocenters. The number of thioether (sulfide) groups is 1. The van der Waals surface area contributed by atoms with Crippen LogP contribution in [0.5, 0.6) is 0 Å². The maximum absolute atomic E-state index is 12.5. The number of methoxy groups -OCH3 is 1.